The minimum absolute atomic E-state index is 0.0509. The maximum Gasteiger partial charge on any atom is 0.235 e. The number of para-hydroxylation sites is 1. The van der Waals surface area contributed by atoms with E-state index in [4.69, 9.17) is 9.97 Å². The number of hydrogen-bond acceptors (Lipinski definition) is 3. The molecule has 0 saturated heterocycles. The van der Waals surface area contributed by atoms with Crippen molar-refractivity contribution in [3.05, 3.63) is 163 Å². The van der Waals surface area contributed by atoms with Crippen molar-refractivity contribution in [1.29, 1.82) is 0 Å². The second-order valence-corrected chi connectivity index (χ2v) is 15.2. The summed E-state index contributed by atoms with van der Waals surface area (Å²) in [5.74, 6) is 0.682. The quantitative estimate of drug-likeness (QED) is 0.187. The molecule has 0 fully saturated rings. The number of rotatable bonds is 3. The Labute approximate surface area is 299 Å². The van der Waals surface area contributed by atoms with Crippen LogP contribution in [0, 0.1) is 0 Å². The molecule has 0 atom stereocenters. The largest absolute Gasteiger partial charge is 0.277 e. The van der Waals surface area contributed by atoms with E-state index in [-0.39, 0.29) is 5.41 Å². The summed E-state index contributed by atoms with van der Waals surface area (Å²) in [7, 11) is 0. The van der Waals surface area contributed by atoms with Crippen LogP contribution in [0.1, 0.15) is 25.0 Å². The first-order chi connectivity index (χ1) is 25.1. The van der Waals surface area contributed by atoms with Crippen molar-refractivity contribution in [2.75, 3.05) is 0 Å². The van der Waals surface area contributed by atoms with Gasteiger partial charge in [-0.05, 0) is 45.3 Å². The van der Waals surface area contributed by atoms with Gasteiger partial charge in [0.2, 0.25) is 5.95 Å². The van der Waals surface area contributed by atoms with Gasteiger partial charge in [0.1, 0.15) is 0 Å². The molecule has 3 aromatic heterocycles. The summed E-state index contributed by atoms with van der Waals surface area (Å²) in [6.45, 7) is 4.68. The highest BCUT2D eigenvalue weighted by atomic mass is 32.1. The molecule has 3 nitrogen and oxygen atoms in total. The molecule has 3 heterocycles. The Morgan fingerprint density at radius 1 is 0.510 bits per heavy atom. The van der Waals surface area contributed by atoms with Gasteiger partial charge in [0.15, 0.2) is 0 Å². The molecule has 0 radical (unpaired) electrons. The number of aromatic nitrogens is 3. The predicted octanol–water partition coefficient (Wildman–Crippen LogP) is 12.7. The first-order valence-corrected chi connectivity index (χ1v) is 18.3. The van der Waals surface area contributed by atoms with Crippen molar-refractivity contribution >= 4 is 64.2 Å². The number of hydrogen-bond donors (Lipinski definition) is 0. The van der Waals surface area contributed by atoms with Gasteiger partial charge in [0, 0.05) is 42.8 Å². The van der Waals surface area contributed by atoms with Gasteiger partial charge in [-0.2, -0.15) is 0 Å². The van der Waals surface area contributed by atoms with Crippen LogP contribution in [-0.2, 0) is 5.41 Å². The highest BCUT2D eigenvalue weighted by Crippen LogP contribution is 2.50. The Morgan fingerprint density at radius 2 is 1.22 bits per heavy atom. The molecule has 0 unspecified atom stereocenters. The maximum absolute atomic E-state index is 5.52. The van der Waals surface area contributed by atoms with Crippen molar-refractivity contribution in [2.24, 2.45) is 0 Å². The zero-order valence-corrected chi connectivity index (χ0v) is 29.0. The average Bonchev–Trinajstić information content (AvgIpc) is 3.80. The molecule has 0 aliphatic heterocycles. The normalized spacial score (nSPS) is 13.5. The summed E-state index contributed by atoms with van der Waals surface area (Å²) in [5, 5.41) is 5.91. The first kappa shape index (κ1) is 28.7. The Bertz CT molecular complexity index is 3060. The van der Waals surface area contributed by atoms with Gasteiger partial charge in [-0.15, -0.1) is 11.3 Å². The van der Waals surface area contributed by atoms with Crippen LogP contribution < -0.4 is 0 Å². The van der Waals surface area contributed by atoms with Crippen LogP contribution in [0.2, 0.25) is 0 Å². The second kappa shape index (κ2) is 10.5. The monoisotopic (exact) mass is 669 g/mol. The Morgan fingerprint density at radius 3 is 2.12 bits per heavy atom. The molecule has 0 N–H and O–H groups in total. The fourth-order valence-corrected chi connectivity index (χ4v) is 9.77. The summed E-state index contributed by atoms with van der Waals surface area (Å²) in [5.41, 5.74) is 13.0. The summed E-state index contributed by atoms with van der Waals surface area (Å²) < 4.78 is 4.67. The summed E-state index contributed by atoms with van der Waals surface area (Å²) in [6.07, 6.45) is 0. The molecule has 1 aliphatic carbocycles. The third kappa shape index (κ3) is 3.99. The predicted molar refractivity (Wildman–Crippen MR) is 215 cm³/mol. The van der Waals surface area contributed by atoms with E-state index in [1.54, 1.807) is 11.3 Å². The number of thiophene rings is 1. The Kier molecular flexibility index (Phi) is 5.89. The lowest BCUT2D eigenvalue weighted by Gasteiger charge is -2.21. The Balaban J connectivity index is 1.29. The van der Waals surface area contributed by atoms with Crippen LogP contribution in [0.4, 0.5) is 0 Å². The molecule has 51 heavy (non-hydrogen) atoms. The standard InChI is InChI=1S/C47H31N3S/c1-47(2)38-21-10-8-17-33(38)37-27-30(24-26-39(37)47)32-19-12-20-34-35-25-23-28-13-6-7-16-31(28)43(35)50(44(32)34)46-48-41(29-14-4-3-5-15-29)45-42(49-46)36-18-9-11-22-40(36)51-45/h3-27H,1-2H3. The molecule has 11 rings (SSSR count). The van der Waals surface area contributed by atoms with Crippen molar-refractivity contribution in [3.63, 3.8) is 0 Å². The molecule has 0 amide bonds. The van der Waals surface area contributed by atoms with Crippen LogP contribution in [0.25, 0.3) is 92.3 Å². The summed E-state index contributed by atoms with van der Waals surface area (Å²) in [4.78, 5) is 11.0. The molecular weight excluding hydrogens is 639 g/mol. The van der Waals surface area contributed by atoms with E-state index in [1.165, 1.54) is 54.1 Å². The summed E-state index contributed by atoms with van der Waals surface area (Å²) >= 11 is 1.77. The topological polar surface area (TPSA) is 30.7 Å². The van der Waals surface area contributed by atoms with E-state index in [1.807, 2.05) is 0 Å². The summed E-state index contributed by atoms with van der Waals surface area (Å²) in [6, 6.07) is 55.0. The fourth-order valence-electron chi connectivity index (χ4n) is 8.62. The van der Waals surface area contributed by atoms with Gasteiger partial charge in [0.05, 0.1) is 26.9 Å². The van der Waals surface area contributed by atoms with E-state index in [0.29, 0.717) is 5.95 Å². The fraction of sp³-hybridized carbons (Fsp3) is 0.0638. The SMILES string of the molecule is CC1(C)c2ccccc2-c2cc(-c3cccc4c5ccc6ccccc6c5n(-c5nc(-c6ccccc6)c6sc7ccccc7c6n5)c34)ccc21. The zero-order chi connectivity index (χ0) is 33.8. The zero-order valence-electron chi connectivity index (χ0n) is 28.2. The Hall–Kier alpha value is -6.10. The third-order valence-electron chi connectivity index (χ3n) is 11.0. The maximum atomic E-state index is 5.52. The van der Waals surface area contributed by atoms with Crippen LogP contribution in [0.5, 0.6) is 0 Å². The molecule has 0 spiro atoms. The smallest absolute Gasteiger partial charge is 0.235 e. The van der Waals surface area contributed by atoms with Gasteiger partial charge in [-0.25, -0.2) is 9.97 Å². The number of fused-ring (bicyclic) bond motifs is 11. The molecule has 240 valence electrons. The third-order valence-corrected chi connectivity index (χ3v) is 12.2. The van der Waals surface area contributed by atoms with Gasteiger partial charge in [-0.1, -0.05) is 153 Å². The van der Waals surface area contributed by atoms with E-state index in [0.717, 1.165) is 43.5 Å². The lowest BCUT2D eigenvalue weighted by atomic mass is 9.82. The average molecular weight is 670 g/mol. The van der Waals surface area contributed by atoms with Gasteiger partial charge in [-0.3, -0.25) is 4.57 Å². The first-order valence-electron chi connectivity index (χ1n) is 17.5. The van der Waals surface area contributed by atoms with Gasteiger partial charge in [0.25, 0.3) is 0 Å². The van der Waals surface area contributed by atoms with E-state index in [9.17, 15) is 0 Å². The minimum atomic E-state index is -0.0509. The van der Waals surface area contributed by atoms with Gasteiger partial charge >= 0.3 is 0 Å². The van der Waals surface area contributed by atoms with Crippen LogP contribution in [0.3, 0.4) is 0 Å². The highest BCUT2D eigenvalue weighted by Gasteiger charge is 2.35. The molecule has 7 aromatic carbocycles. The van der Waals surface area contributed by atoms with Crippen LogP contribution in [0.15, 0.2) is 152 Å². The molecular formula is C47H31N3S. The van der Waals surface area contributed by atoms with Crippen molar-refractivity contribution in [2.45, 2.75) is 19.3 Å². The lowest BCUT2D eigenvalue weighted by Crippen LogP contribution is -2.14. The number of nitrogens with zero attached hydrogens (tertiary/aromatic N) is 3. The van der Waals surface area contributed by atoms with Gasteiger partial charge < -0.3 is 0 Å². The van der Waals surface area contributed by atoms with Crippen molar-refractivity contribution < 1.29 is 0 Å². The van der Waals surface area contributed by atoms with E-state index < -0.39 is 0 Å². The van der Waals surface area contributed by atoms with Crippen molar-refractivity contribution in [3.8, 4) is 39.5 Å². The second-order valence-electron chi connectivity index (χ2n) is 14.2. The van der Waals surface area contributed by atoms with E-state index >= 15 is 0 Å². The van der Waals surface area contributed by atoms with Crippen molar-refractivity contribution in [1.82, 2.24) is 14.5 Å². The molecule has 10 aromatic rings. The minimum Gasteiger partial charge on any atom is -0.277 e. The molecule has 4 heteroatoms. The van der Waals surface area contributed by atoms with Crippen LogP contribution >= 0.6 is 11.3 Å². The molecule has 0 saturated carbocycles. The lowest BCUT2D eigenvalue weighted by molar-refractivity contribution is 0.660. The molecule has 0 bridgehead atoms. The van der Waals surface area contributed by atoms with E-state index in [2.05, 4.69) is 170 Å². The highest BCUT2D eigenvalue weighted by molar-refractivity contribution is 7.26. The molecule has 1 aliphatic rings. The van der Waals surface area contributed by atoms with Crippen LogP contribution in [-0.4, -0.2) is 14.5 Å². The number of benzene rings is 7.